The Kier molecular flexibility index (Phi) is 6.18. The molecule has 128 valence electrons. The van der Waals surface area contributed by atoms with Gasteiger partial charge in [-0.15, -0.1) is 0 Å². The zero-order valence-electron chi connectivity index (χ0n) is 14.7. The summed E-state index contributed by atoms with van der Waals surface area (Å²) in [4.78, 5) is 13.8. The van der Waals surface area contributed by atoms with E-state index >= 15 is 0 Å². The minimum atomic E-state index is -1.28. The van der Waals surface area contributed by atoms with E-state index in [0.29, 0.717) is 24.6 Å². The van der Waals surface area contributed by atoms with Gasteiger partial charge in [0.05, 0.1) is 15.8 Å². The third kappa shape index (κ3) is 5.71. The van der Waals surface area contributed by atoms with Crippen LogP contribution in [0.15, 0.2) is 0 Å². The number of rotatable bonds is 1. The van der Waals surface area contributed by atoms with E-state index in [0.717, 1.165) is 12.8 Å². The molecule has 5 nitrogen and oxygen atoms in total. The number of likely N-dealkylation sites (tertiary alicyclic amines) is 1. The fourth-order valence-electron chi connectivity index (χ4n) is 2.35. The van der Waals surface area contributed by atoms with Crippen LogP contribution in [0, 0.1) is 11.3 Å². The quantitative estimate of drug-likeness (QED) is 0.590. The molecule has 1 N–H and O–H groups in total. The van der Waals surface area contributed by atoms with Crippen molar-refractivity contribution in [1.82, 2.24) is 4.90 Å². The van der Waals surface area contributed by atoms with Gasteiger partial charge in [-0.25, -0.2) is 4.79 Å². The Bertz CT molecular complexity index is 449. The molecule has 1 saturated heterocycles. The third-order valence-electron chi connectivity index (χ3n) is 3.51. The van der Waals surface area contributed by atoms with Crippen LogP contribution in [0.4, 0.5) is 4.79 Å². The highest BCUT2D eigenvalue weighted by Gasteiger charge is 2.31. The van der Waals surface area contributed by atoms with E-state index in [1.54, 1.807) is 4.90 Å². The summed E-state index contributed by atoms with van der Waals surface area (Å²) in [7, 11) is -1.28. The Balaban J connectivity index is 2.65. The van der Waals surface area contributed by atoms with Gasteiger partial charge < -0.3 is 9.64 Å². The second-order valence-electron chi connectivity index (χ2n) is 7.84. The van der Waals surface area contributed by atoms with Gasteiger partial charge in [0, 0.05) is 23.8 Å². The van der Waals surface area contributed by atoms with Gasteiger partial charge in [0.2, 0.25) is 0 Å². The Labute approximate surface area is 136 Å². The Morgan fingerprint density at radius 1 is 1.14 bits per heavy atom. The number of hydrogen-bond donors (Lipinski definition) is 1. The van der Waals surface area contributed by atoms with Gasteiger partial charge in [-0.1, -0.05) is 0 Å². The smallest absolute Gasteiger partial charge is 0.410 e. The molecule has 1 fully saturated rings. The van der Waals surface area contributed by atoms with E-state index in [1.165, 1.54) is 0 Å². The van der Waals surface area contributed by atoms with E-state index in [4.69, 9.17) is 10.1 Å². The molecule has 0 aromatic carbocycles. The Hall–Kier alpha value is -0.910. The van der Waals surface area contributed by atoms with Gasteiger partial charge in [-0.05, 0) is 60.8 Å². The minimum Gasteiger partial charge on any atom is -0.444 e. The SMILES string of the molecule is CC(C)(C)OC(=O)N1CCCC(C(=N)[S@](=O)C(C)(C)C)CC1. The maximum atomic E-state index is 12.4. The molecule has 0 radical (unpaired) electrons. The number of amides is 1. The van der Waals surface area contributed by atoms with Crippen molar-refractivity contribution >= 4 is 21.9 Å². The summed E-state index contributed by atoms with van der Waals surface area (Å²) >= 11 is 0. The van der Waals surface area contributed by atoms with Crippen LogP contribution in [-0.4, -0.2) is 43.7 Å². The molecule has 1 heterocycles. The number of ether oxygens (including phenoxy) is 1. The molecule has 22 heavy (non-hydrogen) atoms. The highest BCUT2D eigenvalue weighted by atomic mass is 32.2. The average molecular weight is 330 g/mol. The number of carbonyl (C=O) groups is 1. The van der Waals surface area contributed by atoms with Crippen molar-refractivity contribution in [1.29, 1.82) is 5.41 Å². The van der Waals surface area contributed by atoms with Crippen molar-refractivity contribution in [3.63, 3.8) is 0 Å². The summed E-state index contributed by atoms with van der Waals surface area (Å²) in [6, 6.07) is 0. The lowest BCUT2D eigenvalue weighted by atomic mass is 10.0. The largest absolute Gasteiger partial charge is 0.444 e. The van der Waals surface area contributed by atoms with Crippen LogP contribution in [0.25, 0.3) is 0 Å². The zero-order chi connectivity index (χ0) is 17.1. The average Bonchev–Trinajstić information content (AvgIpc) is 2.59. The normalized spacial score (nSPS) is 21.9. The summed E-state index contributed by atoms with van der Waals surface area (Å²) in [5.41, 5.74) is -0.497. The molecule has 1 rings (SSSR count). The second-order valence-corrected chi connectivity index (χ2v) is 10.0. The number of hydrogen-bond acceptors (Lipinski definition) is 4. The molecule has 2 atom stereocenters. The standard InChI is InChI=1S/C16H30N2O3S/c1-15(2,3)21-14(19)18-10-7-8-12(9-11-18)13(17)22(20)16(4,5)6/h12,17H,7-11H2,1-6H3/t12?,22-/m0/s1. The van der Waals surface area contributed by atoms with Crippen molar-refractivity contribution in [2.75, 3.05) is 13.1 Å². The van der Waals surface area contributed by atoms with E-state index in [-0.39, 0.29) is 12.0 Å². The van der Waals surface area contributed by atoms with Crippen LogP contribution in [0.5, 0.6) is 0 Å². The van der Waals surface area contributed by atoms with E-state index in [2.05, 4.69) is 0 Å². The van der Waals surface area contributed by atoms with Crippen LogP contribution in [0.3, 0.4) is 0 Å². The minimum absolute atomic E-state index is 0.00695. The van der Waals surface area contributed by atoms with E-state index in [1.807, 2.05) is 41.5 Å². The van der Waals surface area contributed by atoms with Crippen LogP contribution in [0.2, 0.25) is 0 Å². The first-order chi connectivity index (χ1) is 9.92. The summed E-state index contributed by atoms with van der Waals surface area (Å²) in [6.45, 7) is 12.4. The second kappa shape index (κ2) is 7.11. The molecule has 0 spiro atoms. The fraction of sp³-hybridized carbons (Fsp3) is 0.875. The number of nitrogens with zero attached hydrogens (tertiary/aromatic N) is 1. The lowest BCUT2D eigenvalue weighted by Crippen LogP contribution is -2.37. The summed E-state index contributed by atoms with van der Waals surface area (Å²) in [5.74, 6) is -0.00695. The first kappa shape index (κ1) is 19.1. The van der Waals surface area contributed by atoms with Gasteiger partial charge >= 0.3 is 6.09 Å². The molecule has 0 aromatic rings. The molecule has 0 aromatic heterocycles. The van der Waals surface area contributed by atoms with Crippen LogP contribution in [0.1, 0.15) is 60.8 Å². The van der Waals surface area contributed by atoms with Crippen LogP contribution >= 0.6 is 0 Å². The number of nitrogens with one attached hydrogen (secondary N) is 1. The third-order valence-corrected chi connectivity index (χ3v) is 5.35. The maximum Gasteiger partial charge on any atom is 0.410 e. The molecule has 1 aliphatic rings. The molecule has 1 aliphatic heterocycles. The van der Waals surface area contributed by atoms with Crippen molar-refractivity contribution < 1.29 is 13.7 Å². The highest BCUT2D eigenvalue weighted by molar-refractivity contribution is 8.01. The molecule has 1 amide bonds. The topological polar surface area (TPSA) is 70.5 Å². The predicted octanol–water partition coefficient (Wildman–Crippen LogP) is 3.55. The lowest BCUT2D eigenvalue weighted by molar-refractivity contribution is 0.0256. The van der Waals surface area contributed by atoms with Gasteiger partial charge in [-0.2, -0.15) is 0 Å². The Morgan fingerprint density at radius 3 is 2.23 bits per heavy atom. The molecule has 0 bridgehead atoms. The van der Waals surface area contributed by atoms with E-state index in [9.17, 15) is 9.00 Å². The summed E-state index contributed by atoms with van der Waals surface area (Å²) in [5, 5.41) is 8.54. The fourth-order valence-corrected chi connectivity index (χ4v) is 3.55. The first-order valence-electron chi connectivity index (χ1n) is 7.90. The molecule has 1 unspecified atom stereocenters. The summed E-state index contributed by atoms with van der Waals surface area (Å²) < 4.78 is 17.4. The Morgan fingerprint density at radius 2 is 1.73 bits per heavy atom. The van der Waals surface area contributed by atoms with Crippen molar-refractivity contribution in [3.05, 3.63) is 0 Å². The van der Waals surface area contributed by atoms with Gasteiger partial charge in [0.1, 0.15) is 5.60 Å². The van der Waals surface area contributed by atoms with Crippen molar-refractivity contribution in [2.24, 2.45) is 5.92 Å². The van der Waals surface area contributed by atoms with Gasteiger partial charge in [0.15, 0.2) is 0 Å². The van der Waals surface area contributed by atoms with Crippen LogP contribution < -0.4 is 0 Å². The highest BCUT2D eigenvalue weighted by Crippen LogP contribution is 2.25. The molecule has 0 aliphatic carbocycles. The monoisotopic (exact) mass is 330 g/mol. The van der Waals surface area contributed by atoms with Crippen LogP contribution in [-0.2, 0) is 15.5 Å². The molecule has 6 heteroatoms. The lowest BCUT2D eigenvalue weighted by Gasteiger charge is -2.26. The predicted molar refractivity (Wildman–Crippen MR) is 90.8 cm³/mol. The van der Waals surface area contributed by atoms with E-state index < -0.39 is 21.1 Å². The summed E-state index contributed by atoms with van der Waals surface area (Å²) in [6.07, 6.45) is 2.00. The van der Waals surface area contributed by atoms with Crippen molar-refractivity contribution in [3.8, 4) is 0 Å². The zero-order valence-corrected chi connectivity index (χ0v) is 15.5. The van der Waals surface area contributed by atoms with Gasteiger partial charge in [-0.3, -0.25) is 9.62 Å². The maximum absolute atomic E-state index is 12.4. The van der Waals surface area contributed by atoms with Gasteiger partial charge in [0.25, 0.3) is 0 Å². The molecular formula is C16H30N2O3S. The van der Waals surface area contributed by atoms with Crippen molar-refractivity contribution in [2.45, 2.75) is 71.2 Å². The molecule has 0 saturated carbocycles. The number of carbonyl (C=O) groups excluding carboxylic acids is 1. The molecular weight excluding hydrogens is 300 g/mol. The first-order valence-corrected chi connectivity index (χ1v) is 9.05.